The van der Waals surface area contributed by atoms with Crippen molar-refractivity contribution in [3.63, 3.8) is 0 Å². The highest BCUT2D eigenvalue weighted by Crippen LogP contribution is 2.07. The van der Waals surface area contributed by atoms with E-state index < -0.39 is 0 Å². The van der Waals surface area contributed by atoms with Crippen LogP contribution in [0.5, 0.6) is 0 Å². The molecule has 21 heavy (non-hydrogen) atoms. The third-order valence-corrected chi connectivity index (χ3v) is 3.14. The number of benzene rings is 1. The highest BCUT2D eigenvalue weighted by molar-refractivity contribution is 7.81. The molecule has 0 aliphatic heterocycles. The van der Waals surface area contributed by atoms with Gasteiger partial charge in [0.15, 0.2) is 5.82 Å². The average molecular weight is 297 g/mol. The van der Waals surface area contributed by atoms with Crippen LogP contribution in [0.2, 0.25) is 0 Å². The van der Waals surface area contributed by atoms with Gasteiger partial charge in [-0.2, -0.15) is 0 Å². The Hall–Kier alpha value is -2.67. The second kappa shape index (κ2) is 5.37. The van der Waals surface area contributed by atoms with Crippen molar-refractivity contribution >= 4 is 34.1 Å². The molecule has 0 aliphatic rings. The van der Waals surface area contributed by atoms with Gasteiger partial charge in [0.25, 0.3) is 5.56 Å². The number of aromatic amines is 1. The minimum absolute atomic E-state index is 0.232. The summed E-state index contributed by atoms with van der Waals surface area (Å²) in [7, 11) is 0. The molecule has 1 aromatic carbocycles. The van der Waals surface area contributed by atoms with Crippen LogP contribution in [0.4, 0.5) is 5.95 Å². The van der Waals surface area contributed by atoms with Crippen molar-refractivity contribution in [3.8, 4) is 0 Å². The highest BCUT2D eigenvalue weighted by Gasteiger charge is 2.09. The van der Waals surface area contributed by atoms with E-state index in [0.29, 0.717) is 22.7 Å². The van der Waals surface area contributed by atoms with Crippen molar-refractivity contribution in [2.45, 2.75) is 6.92 Å². The smallest absolute Gasteiger partial charge is 0.259 e. The molecular formula is C14H11N5OS. The van der Waals surface area contributed by atoms with Gasteiger partial charge in [-0.05, 0) is 25.1 Å². The Morgan fingerprint density at radius 3 is 2.86 bits per heavy atom. The fraction of sp³-hybridized carbons (Fsp3) is 0.0714. The number of aromatic nitrogens is 4. The fourth-order valence-electron chi connectivity index (χ4n) is 1.86. The summed E-state index contributed by atoms with van der Waals surface area (Å²) in [6.45, 7) is 1.85. The highest BCUT2D eigenvalue weighted by atomic mass is 32.1. The molecule has 0 radical (unpaired) electrons. The van der Waals surface area contributed by atoms with E-state index in [0.717, 1.165) is 5.69 Å². The van der Waals surface area contributed by atoms with Crippen molar-refractivity contribution in [1.29, 1.82) is 0 Å². The fourth-order valence-corrected chi connectivity index (χ4v) is 2.05. The van der Waals surface area contributed by atoms with Crippen LogP contribution >= 0.6 is 12.2 Å². The molecule has 6 nitrogen and oxygen atoms in total. The van der Waals surface area contributed by atoms with Crippen LogP contribution in [-0.4, -0.2) is 24.9 Å². The van der Waals surface area contributed by atoms with E-state index in [2.05, 4.69) is 25.3 Å². The topological polar surface area (TPSA) is 83.6 Å². The molecule has 0 amide bonds. The first-order valence-corrected chi connectivity index (χ1v) is 6.64. The van der Waals surface area contributed by atoms with Crippen molar-refractivity contribution in [3.05, 3.63) is 58.4 Å². The van der Waals surface area contributed by atoms with Crippen LogP contribution in [0.1, 0.15) is 11.5 Å². The Bertz CT molecular complexity index is 890. The molecule has 0 aliphatic carbocycles. The molecule has 104 valence electrons. The molecule has 0 spiro atoms. The molecule has 2 N–H and O–H groups in total. The maximum absolute atomic E-state index is 12.0. The summed E-state index contributed by atoms with van der Waals surface area (Å²) in [6, 6.07) is 8.87. The molecule has 3 rings (SSSR count). The zero-order chi connectivity index (χ0) is 14.8. The monoisotopic (exact) mass is 297 g/mol. The zero-order valence-electron chi connectivity index (χ0n) is 11.1. The van der Waals surface area contributed by atoms with E-state index in [-0.39, 0.29) is 10.5 Å². The normalized spacial score (nSPS) is 10.5. The Balaban J connectivity index is 1.96. The summed E-state index contributed by atoms with van der Waals surface area (Å²) in [5.74, 6) is 0.662. The van der Waals surface area contributed by atoms with Crippen LogP contribution < -0.4 is 10.9 Å². The molecule has 2 heterocycles. The predicted molar refractivity (Wildman–Crippen MR) is 84.5 cm³/mol. The van der Waals surface area contributed by atoms with Crippen LogP contribution in [0.3, 0.4) is 0 Å². The zero-order valence-corrected chi connectivity index (χ0v) is 11.9. The van der Waals surface area contributed by atoms with Gasteiger partial charge in [-0.1, -0.05) is 24.4 Å². The van der Waals surface area contributed by atoms with Crippen LogP contribution in [0, 0.1) is 6.92 Å². The first-order valence-electron chi connectivity index (χ1n) is 6.23. The average Bonchev–Trinajstić information content (AvgIpc) is 2.47. The third kappa shape index (κ3) is 2.77. The van der Waals surface area contributed by atoms with Gasteiger partial charge in [-0.25, -0.2) is 15.0 Å². The molecule has 7 heteroatoms. The summed E-state index contributed by atoms with van der Waals surface area (Å²) in [5.41, 5.74) is 1.17. The van der Waals surface area contributed by atoms with E-state index >= 15 is 0 Å². The lowest BCUT2D eigenvalue weighted by Crippen LogP contribution is -2.21. The van der Waals surface area contributed by atoms with Crippen LogP contribution in [0.25, 0.3) is 10.9 Å². The first kappa shape index (κ1) is 13.3. The summed E-state index contributed by atoms with van der Waals surface area (Å²) in [4.78, 5) is 27.5. The number of thiocarbonyl (C=S) groups is 1. The number of nitrogens with zero attached hydrogens (tertiary/aromatic N) is 3. The molecule has 0 saturated heterocycles. The maximum Gasteiger partial charge on any atom is 0.259 e. The number of para-hydroxylation sites is 1. The second-order valence-corrected chi connectivity index (χ2v) is 4.82. The van der Waals surface area contributed by atoms with Crippen molar-refractivity contribution in [2.75, 3.05) is 5.32 Å². The molecule has 0 fully saturated rings. The number of hydrogen-bond donors (Lipinski definition) is 2. The van der Waals surface area contributed by atoms with E-state index in [1.807, 2.05) is 13.0 Å². The standard InChI is InChI=1S/C14H11N5OS/c1-8-6-7-15-14(16-8)19-13(21)11-17-10-5-3-2-4-9(10)12(20)18-11/h2-7H,1H3,(H,17,18,20)(H,15,16,19,21). The lowest BCUT2D eigenvalue weighted by atomic mass is 10.2. The largest absolute Gasteiger partial charge is 0.312 e. The minimum atomic E-state index is -0.232. The number of H-pyrrole nitrogens is 1. The second-order valence-electron chi connectivity index (χ2n) is 4.41. The van der Waals surface area contributed by atoms with Gasteiger partial charge in [0.1, 0.15) is 4.99 Å². The molecule has 3 aromatic rings. The first-order chi connectivity index (χ1) is 10.1. The van der Waals surface area contributed by atoms with Gasteiger partial charge < -0.3 is 10.3 Å². The maximum atomic E-state index is 12.0. The quantitative estimate of drug-likeness (QED) is 0.702. The van der Waals surface area contributed by atoms with Gasteiger partial charge in [0.05, 0.1) is 10.9 Å². The van der Waals surface area contributed by atoms with E-state index in [1.54, 1.807) is 30.5 Å². The summed E-state index contributed by atoms with van der Waals surface area (Å²) >= 11 is 5.24. The van der Waals surface area contributed by atoms with Crippen LogP contribution in [-0.2, 0) is 0 Å². The van der Waals surface area contributed by atoms with Gasteiger partial charge in [-0.15, -0.1) is 0 Å². The van der Waals surface area contributed by atoms with Crippen molar-refractivity contribution < 1.29 is 0 Å². The van der Waals surface area contributed by atoms with E-state index in [4.69, 9.17) is 12.2 Å². The number of anilines is 1. The predicted octanol–water partition coefficient (Wildman–Crippen LogP) is 1.81. The molecule has 0 saturated carbocycles. The van der Waals surface area contributed by atoms with Crippen molar-refractivity contribution in [2.24, 2.45) is 0 Å². The minimum Gasteiger partial charge on any atom is -0.312 e. The Kier molecular flexibility index (Phi) is 3.41. The SMILES string of the molecule is Cc1ccnc(NC(=S)c2nc3ccccc3c(=O)[nH]2)n1. The van der Waals surface area contributed by atoms with Gasteiger partial charge in [0.2, 0.25) is 5.95 Å². The molecule has 0 unspecified atom stereocenters. The Morgan fingerprint density at radius 1 is 1.24 bits per heavy atom. The Morgan fingerprint density at radius 2 is 2.05 bits per heavy atom. The molecule has 0 atom stereocenters. The summed E-state index contributed by atoms with van der Waals surface area (Å²) < 4.78 is 0. The van der Waals surface area contributed by atoms with Gasteiger partial charge in [0, 0.05) is 11.9 Å². The van der Waals surface area contributed by atoms with Crippen molar-refractivity contribution in [1.82, 2.24) is 19.9 Å². The number of fused-ring (bicyclic) bond motifs is 1. The third-order valence-electron chi connectivity index (χ3n) is 2.85. The van der Waals surface area contributed by atoms with Crippen LogP contribution in [0.15, 0.2) is 41.3 Å². The summed E-state index contributed by atoms with van der Waals surface area (Å²) in [5, 5.41) is 3.39. The molecule has 2 aromatic heterocycles. The molecular weight excluding hydrogens is 286 g/mol. The lowest BCUT2D eigenvalue weighted by molar-refractivity contribution is 1.10. The number of nitrogens with one attached hydrogen (secondary N) is 2. The number of hydrogen-bond acceptors (Lipinski definition) is 5. The lowest BCUT2D eigenvalue weighted by Gasteiger charge is -2.06. The summed E-state index contributed by atoms with van der Waals surface area (Å²) in [6.07, 6.45) is 1.63. The van der Waals surface area contributed by atoms with E-state index in [9.17, 15) is 4.79 Å². The van der Waals surface area contributed by atoms with E-state index in [1.165, 1.54) is 0 Å². The Labute approximate surface area is 125 Å². The number of rotatable bonds is 2. The van der Waals surface area contributed by atoms with Gasteiger partial charge >= 0.3 is 0 Å². The van der Waals surface area contributed by atoms with Gasteiger partial charge in [-0.3, -0.25) is 4.79 Å². The molecule has 0 bridgehead atoms. The number of aryl methyl sites for hydroxylation is 1.